The first kappa shape index (κ1) is 17.6. The van der Waals surface area contributed by atoms with Crippen LogP contribution in [0.25, 0.3) is 0 Å². The van der Waals surface area contributed by atoms with Crippen LogP contribution in [-0.4, -0.2) is 105 Å². The van der Waals surface area contributed by atoms with Crippen molar-refractivity contribution in [2.75, 3.05) is 67.0 Å². The number of likely N-dealkylation sites (tertiary alicyclic amines) is 1. The van der Waals surface area contributed by atoms with Crippen molar-refractivity contribution < 1.29 is 9.53 Å². The van der Waals surface area contributed by atoms with Crippen molar-refractivity contribution in [2.24, 2.45) is 5.84 Å². The van der Waals surface area contributed by atoms with Crippen molar-refractivity contribution in [1.82, 2.24) is 19.7 Å². The molecule has 2 fully saturated rings. The van der Waals surface area contributed by atoms with Crippen molar-refractivity contribution in [2.45, 2.75) is 24.9 Å². The lowest BCUT2D eigenvalue weighted by atomic mass is 10.00. The molecule has 0 amide bonds. The van der Waals surface area contributed by atoms with Gasteiger partial charge in [0, 0.05) is 32.2 Å². The van der Waals surface area contributed by atoms with Gasteiger partial charge in [0.05, 0.1) is 0 Å². The van der Waals surface area contributed by atoms with Crippen LogP contribution in [0.15, 0.2) is 0 Å². The summed E-state index contributed by atoms with van der Waals surface area (Å²) >= 11 is 0. The van der Waals surface area contributed by atoms with E-state index in [1.54, 1.807) is 5.01 Å². The van der Waals surface area contributed by atoms with Crippen LogP contribution in [0.1, 0.15) is 12.8 Å². The second-order valence-electron chi connectivity index (χ2n) is 6.75. The smallest absolute Gasteiger partial charge is 0.324 e. The van der Waals surface area contributed by atoms with Gasteiger partial charge < -0.3 is 14.5 Å². The lowest BCUT2D eigenvalue weighted by Gasteiger charge is -2.45. The van der Waals surface area contributed by atoms with Crippen LogP contribution in [0.4, 0.5) is 0 Å². The van der Waals surface area contributed by atoms with E-state index < -0.39 is 0 Å². The highest BCUT2D eigenvalue weighted by atomic mass is 16.5. The molecular formula is C15H31N5O2. The highest BCUT2D eigenvalue weighted by Crippen LogP contribution is 2.21. The van der Waals surface area contributed by atoms with E-state index in [0.29, 0.717) is 19.2 Å². The monoisotopic (exact) mass is 313 g/mol. The maximum absolute atomic E-state index is 12.5. The summed E-state index contributed by atoms with van der Waals surface area (Å²) in [5, 5.41) is 1.74. The van der Waals surface area contributed by atoms with Gasteiger partial charge in [0.1, 0.15) is 12.6 Å². The van der Waals surface area contributed by atoms with E-state index in [0.717, 1.165) is 45.6 Å². The molecule has 1 unspecified atom stereocenters. The van der Waals surface area contributed by atoms with Crippen LogP contribution < -0.4 is 5.84 Å². The molecule has 2 N–H and O–H groups in total. The summed E-state index contributed by atoms with van der Waals surface area (Å²) in [6, 6.07) is 0.241. The van der Waals surface area contributed by atoms with E-state index in [9.17, 15) is 4.79 Å². The van der Waals surface area contributed by atoms with Gasteiger partial charge in [-0.2, -0.15) is 0 Å². The molecular weight excluding hydrogens is 282 g/mol. The minimum Gasteiger partial charge on any atom is -0.463 e. The van der Waals surface area contributed by atoms with Crippen LogP contribution in [0.5, 0.6) is 0 Å². The molecule has 0 spiro atoms. The largest absolute Gasteiger partial charge is 0.463 e. The van der Waals surface area contributed by atoms with E-state index in [4.69, 9.17) is 10.6 Å². The number of nitrogens with two attached hydrogens (primary N) is 1. The van der Waals surface area contributed by atoms with Crippen molar-refractivity contribution in [3.63, 3.8) is 0 Å². The number of hydrazine groups is 1. The molecule has 2 aliphatic heterocycles. The predicted molar refractivity (Wildman–Crippen MR) is 86.3 cm³/mol. The van der Waals surface area contributed by atoms with Crippen molar-refractivity contribution in [3.8, 4) is 0 Å². The lowest BCUT2D eigenvalue weighted by molar-refractivity contribution is -0.155. The molecule has 7 nitrogen and oxygen atoms in total. The number of piperidine rings is 1. The summed E-state index contributed by atoms with van der Waals surface area (Å²) in [5.41, 5.74) is 0. The van der Waals surface area contributed by atoms with Gasteiger partial charge in [-0.05, 0) is 47.1 Å². The second kappa shape index (κ2) is 8.21. The van der Waals surface area contributed by atoms with Gasteiger partial charge in [-0.25, -0.2) is 5.01 Å². The number of ether oxygens (including phenoxy) is 1. The number of carbonyl (C=O) groups excluding carboxylic acids is 1. The molecule has 2 heterocycles. The predicted octanol–water partition coefficient (Wildman–Crippen LogP) is -0.955. The molecule has 0 saturated carbocycles. The lowest BCUT2D eigenvalue weighted by Crippen LogP contribution is -2.62. The zero-order valence-corrected chi connectivity index (χ0v) is 14.2. The van der Waals surface area contributed by atoms with Crippen molar-refractivity contribution in [1.29, 1.82) is 0 Å². The third-order valence-electron chi connectivity index (χ3n) is 4.67. The Labute approximate surface area is 133 Å². The van der Waals surface area contributed by atoms with Crippen LogP contribution in [0, 0.1) is 0 Å². The normalized spacial score (nSPS) is 26.5. The quantitative estimate of drug-likeness (QED) is 0.518. The molecule has 0 aromatic carbocycles. The fourth-order valence-corrected chi connectivity index (χ4v) is 3.22. The highest BCUT2D eigenvalue weighted by molar-refractivity contribution is 5.76. The van der Waals surface area contributed by atoms with E-state index in [-0.39, 0.29) is 12.0 Å². The van der Waals surface area contributed by atoms with Crippen LogP contribution in [-0.2, 0) is 9.53 Å². The standard InChI is InChI=1S/C15H31N5O2/c1-17(2)10-11-22-15(21)14-12-19(16)8-9-20(14)13-4-6-18(3)7-5-13/h13-14H,4-12,16H2,1-3H3. The van der Waals surface area contributed by atoms with E-state index in [1.807, 2.05) is 19.0 Å². The Kier molecular flexibility index (Phi) is 6.58. The number of hydrogen-bond acceptors (Lipinski definition) is 7. The molecule has 0 bridgehead atoms. The molecule has 2 rings (SSSR count). The summed E-state index contributed by atoms with van der Waals surface area (Å²) in [5.74, 6) is 5.81. The Morgan fingerprint density at radius 3 is 2.55 bits per heavy atom. The summed E-state index contributed by atoms with van der Waals surface area (Å²) < 4.78 is 5.47. The number of likely N-dealkylation sites (N-methyl/N-ethyl adjacent to an activating group) is 1. The molecule has 2 saturated heterocycles. The number of esters is 1. The third-order valence-corrected chi connectivity index (χ3v) is 4.67. The van der Waals surface area contributed by atoms with Gasteiger partial charge in [-0.3, -0.25) is 15.5 Å². The van der Waals surface area contributed by atoms with E-state index in [1.165, 1.54) is 0 Å². The molecule has 2 aliphatic rings. The molecule has 0 aromatic rings. The number of hydrogen-bond donors (Lipinski definition) is 1. The summed E-state index contributed by atoms with van der Waals surface area (Å²) in [4.78, 5) is 19.2. The Bertz CT molecular complexity index is 358. The Hall–Kier alpha value is -0.730. The number of piperazine rings is 1. The van der Waals surface area contributed by atoms with Gasteiger partial charge in [-0.15, -0.1) is 0 Å². The third kappa shape index (κ3) is 4.89. The van der Waals surface area contributed by atoms with Gasteiger partial charge >= 0.3 is 5.97 Å². The summed E-state index contributed by atoms with van der Waals surface area (Å²) in [7, 11) is 6.10. The highest BCUT2D eigenvalue weighted by Gasteiger charge is 2.37. The first-order valence-electron chi connectivity index (χ1n) is 8.22. The minimum atomic E-state index is -0.227. The molecule has 1 atom stereocenters. The fraction of sp³-hybridized carbons (Fsp3) is 0.933. The first-order valence-corrected chi connectivity index (χ1v) is 8.22. The van der Waals surface area contributed by atoms with Crippen LogP contribution in [0.2, 0.25) is 0 Å². The molecule has 22 heavy (non-hydrogen) atoms. The van der Waals surface area contributed by atoms with Crippen molar-refractivity contribution in [3.05, 3.63) is 0 Å². The minimum absolute atomic E-state index is 0.129. The zero-order chi connectivity index (χ0) is 16.1. The average Bonchev–Trinajstić information content (AvgIpc) is 2.47. The number of nitrogens with zero attached hydrogens (tertiary/aromatic N) is 4. The first-order chi connectivity index (χ1) is 10.5. The van der Waals surface area contributed by atoms with E-state index >= 15 is 0 Å². The fourth-order valence-electron chi connectivity index (χ4n) is 3.22. The van der Waals surface area contributed by atoms with Gasteiger partial charge in [-0.1, -0.05) is 0 Å². The topological polar surface area (TPSA) is 65.3 Å². The second-order valence-corrected chi connectivity index (χ2v) is 6.75. The summed E-state index contributed by atoms with van der Waals surface area (Å²) in [6.45, 7) is 5.60. The van der Waals surface area contributed by atoms with Gasteiger partial charge in [0.2, 0.25) is 0 Å². The van der Waals surface area contributed by atoms with Gasteiger partial charge in [0.15, 0.2) is 0 Å². The maximum Gasteiger partial charge on any atom is 0.324 e. The molecule has 0 aliphatic carbocycles. The molecule has 128 valence electrons. The summed E-state index contributed by atoms with van der Waals surface area (Å²) in [6.07, 6.45) is 2.23. The van der Waals surface area contributed by atoms with Crippen LogP contribution >= 0.6 is 0 Å². The number of rotatable bonds is 5. The average molecular weight is 313 g/mol. The number of carbonyl (C=O) groups is 1. The van der Waals surface area contributed by atoms with Gasteiger partial charge in [0.25, 0.3) is 0 Å². The Balaban J connectivity index is 1.92. The Morgan fingerprint density at radius 1 is 1.23 bits per heavy atom. The van der Waals surface area contributed by atoms with Crippen molar-refractivity contribution >= 4 is 5.97 Å². The molecule has 0 aromatic heterocycles. The SMILES string of the molecule is CN(C)CCOC(=O)C1CN(N)CCN1C1CCN(C)CC1. The molecule has 7 heteroatoms. The molecule has 0 radical (unpaired) electrons. The van der Waals surface area contributed by atoms with Crippen LogP contribution in [0.3, 0.4) is 0 Å². The maximum atomic E-state index is 12.5. The zero-order valence-electron chi connectivity index (χ0n) is 14.2. The van der Waals surface area contributed by atoms with E-state index in [2.05, 4.69) is 16.8 Å². The Morgan fingerprint density at radius 2 is 1.91 bits per heavy atom.